The number of hydrogen-bond donors (Lipinski definition) is 2. The summed E-state index contributed by atoms with van der Waals surface area (Å²) in [5, 5.41) is 12.2. The molecule has 0 radical (unpaired) electrons. The van der Waals surface area contributed by atoms with Gasteiger partial charge in [0, 0.05) is 49.7 Å². The third-order valence-corrected chi connectivity index (χ3v) is 6.36. The van der Waals surface area contributed by atoms with Gasteiger partial charge in [-0.2, -0.15) is 0 Å². The largest absolute Gasteiger partial charge is 0.497 e. The number of piperazine rings is 1. The first-order valence-electron chi connectivity index (χ1n) is 11.7. The third-order valence-electron chi connectivity index (χ3n) is 6.36. The molecule has 2 heterocycles. The molecule has 0 atom stereocenters. The van der Waals surface area contributed by atoms with Crippen LogP contribution in [0.4, 0.5) is 11.4 Å². The van der Waals surface area contributed by atoms with Crippen molar-refractivity contribution in [3.63, 3.8) is 0 Å². The van der Waals surface area contributed by atoms with Gasteiger partial charge in [-0.15, -0.1) is 0 Å². The maximum atomic E-state index is 12.8. The van der Waals surface area contributed by atoms with E-state index in [1.165, 1.54) is 12.0 Å². The first-order valence-corrected chi connectivity index (χ1v) is 11.7. The van der Waals surface area contributed by atoms with E-state index < -0.39 is 5.97 Å². The minimum Gasteiger partial charge on any atom is -0.497 e. The van der Waals surface area contributed by atoms with Crippen LogP contribution in [-0.2, 0) is 14.3 Å². The fourth-order valence-corrected chi connectivity index (χ4v) is 4.33. The number of carbonyl (C=O) groups is 3. The summed E-state index contributed by atoms with van der Waals surface area (Å²) in [7, 11) is 2.86. The van der Waals surface area contributed by atoms with Crippen LogP contribution in [-0.4, -0.2) is 92.8 Å². The highest BCUT2D eigenvalue weighted by Gasteiger charge is 2.34. The fourth-order valence-electron chi connectivity index (χ4n) is 4.33. The van der Waals surface area contributed by atoms with Gasteiger partial charge in [-0.1, -0.05) is 0 Å². The van der Waals surface area contributed by atoms with Crippen LogP contribution in [0.25, 0.3) is 0 Å². The van der Waals surface area contributed by atoms with E-state index in [-0.39, 0.29) is 42.8 Å². The lowest BCUT2D eigenvalue weighted by Crippen LogP contribution is -2.48. The Labute approximate surface area is 209 Å². The highest BCUT2D eigenvalue weighted by Crippen LogP contribution is 2.25. The lowest BCUT2D eigenvalue weighted by Gasteiger charge is -2.36. The van der Waals surface area contributed by atoms with Gasteiger partial charge in [0.2, 0.25) is 0 Å². The summed E-state index contributed by atoms with van der Waals surface area (Å²) in [6, 6.07) is 14.7. The Morgan fingerprint density at radius 2 is 1.64 bits per heavy atom. The van der Waals surface area contributed by atoms with E-state index in [4.69, 9.17) is 9.47 Å². The molecule has 0 saturated carbocycles. The summed E-state index contributed by atoms with van der Waals surface area (Å²) in [6.07, 6.45) is 0. The van der Waals surface area contributed by atoms with E-state index in [9.17, 15) is 19.5 Å². The van der Waals surface area contributed by atoms with Crippen molar-refractivity contribution < 1.29 is 29.0 Å². The molecule has 1 saturated heterocycles. The first-order chi connectivity index (χ1) is 17.4. The summed E-state index contributed by atoms with van der Waals surface area (Å²) < 4.78 is 9.98. The van der Waals surface area contributed by atoms with Crippen molar-refractivity contribution in [2.45, 2.75) is 0 Å². The molecule has 1 fully saturated rings. The van der Waals surface area contributed by atoms with Crippen LogP contribution in [0, 0.1) is 0 Å². The Bertz CT molecular complexity index is 1140. The maximum absolute atomic E-state index is 12.8. The number of aliphatic hydroxyl groups excluding tert-OH is 1. The van der Waals surface area contributed by atoms with E-state index >= 15 is 0 Å². The summed E-state index contributed by atoms with van der Waals surface area (Å²) in [6.45, 7) is 2.64. The van der Waals surface area contributed by atoms with E-state index in [2.05, 4.69) is 10.2 Å². The lowest BCUT2D eigenvalue weighted by molar-refractivity contribution is -0.136. The Morgan fingerprint density at radius 3 is 2.22 bits per heavy atom. The quantitative estimate of drug-likeness (QED) is 0.529. The number of carbonyl (C=O) groups excluding carboxylic acids is 3. The minimum absolute atomic E-state index is 0.00279. The van der Waals surface area contributed by atoms with E-state index in [1.54, 1.807) is 31.4 Å². The standard InChI is InChI=1S/C26H30N4O6/c1-35-21-9-3-18(4-10-21)24(32)29-13-11-28(12-14-29)20-7-5-19(6-8-20)27-23-22(26(34)36-2)17-30(15-16-31)25(23)33/h3-10,27,31H,11-17H2,1-2H3. The monoisotopic (exact) mass is 494 g/mol. The number of hydrogen-bond acceptors (Lipinski definition) is 8. The van der Waals surface area contributed by atoms with Crippen LogP contribution in [0.3, 0.4) is 0 Å². The number of ether oxygens (including phenoxy) is 2. The van der Waals surface area contributed by atoms with Gasteiger partial charge in [0.15, 0.2) is 0 Å². The van der Waals surface area contributed by atoms with Crippen molar-refractivity contribution in [3.05, 3.63) is 65.4 Å². The van der Waals surface area contributed by atoms with E-state index in [1.807, 2.05) is 29.2 Å². The van der Waals surface area contributed by atoms with Gasteiger partial charge in [0.1, 0.15) is 11.4 Å². The summed E-state index contributed by atoms with van der Waals surface area (Å²) in [5.74, 6) is -0.217. The molecule has 10 nitrogen and oxygen atoms in total. The predicted octanol–water partition coefficient (Wildman–Crippen LogP) is 1.33. The first kappa shape index (κ1) is 25.1. The Hall–Kier alpha value is -4.05. The van der Waals surface area contributed by atoms with Crippen LogP contribution in [0.2, 0.25) is 0 Å². The molecule has 2 N–H and O–H groups in total. The molecule has 0 bridgehead atoms. The van der Waals surface area contributed by atoms with Gasteiger partial charge < -0.3 is 34.6 Å². The Morgan fingerprint density at radius 1 is 0.972 bits per heavy atom. The van der Waals surface area contributed by atoms with Crippen molar-refractivity contribution in [2.75, 3.05) is 70.3 Å². The topological polar surface area (TPSA) is 112 Å². The average molecular weight is 495 g/mol. The van der Waals surface area contributed by atoms with Gasteiger partial charge in [0.05, 0.1) is 32.9 Å². The number of anilines is 2. The average Bonchev–Trinajstić information content (AvgIpc) is 3.23. The van der Waals surface area contributed by atoms with Crippen molar-refractivity contribution in [1.29, 1.82) is 0 Å². The number of benzene rings is 2. The number of amides is 2. The van der Waals surface area contributed by atoms with Crippen molar-refractivity contribution in [1.82, 2.24) is 9.80 Å². The molecular formula is C26H30N4O6. The second-order valence-corrected chi connectivity index (χ2v) is 8.48. The number of β-amino-alcohol motifs (C(OH)–C–C–N with tert-alkyl or cyclic N) is 1. The van der Waals surface area contributed by atoms with Crippen LogP contribution in [0.5, 0.6) is 5.75 Å². The van der Waals surface area contributed by atoms with Crippen LogP contribution in [0.1, 0.15) is 10.4 Å². The van der Waals surface area contributed by atoms with Gasteiger partial charge in [-0.25, -0.2) is 4.79 Å². The minimum atomic E-state index is -0.579. The summed E-state index contributed by atoms with van der Waals surface area (Å²) in [4.78, 5) is 43.1. The molecule has 0 aliphatic carbocycles. The molecule has 0 spiro atoms. The maximum Gasteiger partial charge on any atom is 0.337 e. The molecule has 190 valence electrons. The second-order valence-electron chi connectivity index (χ2n) is 8.48. The zero-order valence-corrected chi connectivity index (χ0v) is 20.4. The summed E-state index contributed by atoms with van der Waals surface area (Å²) >= 11 is 0. The molecule has 0 unspecified atom stereocenters. The van der Waals surface area contributed by atoms with Gasteiger partial charge in [-0.05, 0) is 48.5 Å². The third kappa shape index (κ3) is 5.28. The van der Waals surface area contributed by atoms with Gasteiger partial charge in [-0.3, -0.25) is 9.59 Å². The molecule has 4 rings (SSSR count). The van der Waals surface area contributed by atoms with Crippen LogP contribution in [0.15, 0.2) is 59.8 Å². The molecule has 2 aliphatic heterocycles. The predicted molar refractivity (Wildman–Crippen MR) is 134 cm³/mol. The number of rotatable bonds is 8. The number of nitrogens with one attached hydrogen (secondary N) is 1. The van der Waals surface area contributed by atoms with E-state index in [0.29, 0.717) is 43.2 Å². The number of esters is 1. The number of nitrogens with zero attached hydrogens (tertiary/aromatic N) is 3. The highest BCUT2D eigenvalue weighted by atomic mass is 16.5. The number of aliphatic hydroxyl groups is 1. The number of methoxy groups -OCH3 is 2. The van der Waals surface area contributed by atoms with Gasteiger partial charge >= 0.3 is 5.97 Å². The molecule has 2 aromatic carbocycles. The Balaban J connectivity index is 1.37. The van der Waals surface area contributed by atoms with Crippen LogP contribution < -0.4 is 15.0 Å². The zero-order chi connectivity index (χ0) is 25.7. The molecule has 10 heteroatoms. The van der Waals surface area contributed by atoms with Crippen LogP contribution >= 0.6 is 0 Å². The molecule has 2 amide bonds. The smallest absolute Gasteiger partial charge is 0.337 e. The molecular weight excluding hydrogens is 464 g/mol. The van der Waals surface area contributed by atoms with E-state index in [0.717, 1.165) is 5.69 Å². The normalized spacial score (nSPS) is 15.9. The molecule has 2 aliphatic rings. The second kappa shape index (κ2) is 11.1. The molecule has 2 aromatic rings. The zero-order valence-electron chi connectivity index (χ0n) is 20.4. The van der Waals surface area contributed by atoms with Crippen molar-refractivity contribution >= 4 is 29.2 Å². The lowest BCUT2D eigenvalue weighted by atomic mass is 10.1. The summed E-state index contributed by atoms with van der Waals surface area (Å²) in [5.41, 5.74) is 2.69. The van der Waals surface area contributed by atoms with Crippen molar-refractivity contribution in [2.24, 2.45) is 0 Å². The van der Waals surface area contributed by atoms with Crippen molar-refractivity contribution in [3.8, 4) is 5.75 Å². The SMILES string of the molecule is COC(=O)C1=C(Nc2ccc(N3CCN(C(=O)c4ccc(OC)cc4)CC3)cc2)C(=O)N(CCO)C1. The molecule has 0 aromatic heterocycles. The van der Waals surface area contributed by atoms with Gasteiger partial charge in [0.25, 0.3) is 11.8 Å². The highest BCUT2D eigenvalue weighted by molar-refractivity contribution is 6.08. The molecule has 36 heavy (non-hydrogen) atoms. The Kier molecular flexibility index (Phi) is 7.74. The fraction of sp³-hybridized carbons (Fsp3) is 0.346.